The van der Waals surface area contributed by atoms with Crippen LogP contribution in [0.1, 0.15) is 67.2 Å². The van der Waals surface area contributed by atoms with Crippen molar-refractivity contribution in [3.05, 3.63) is 58.1 Å². The number of nitrogens with one attached hydrogen (secondary N) is 3. The molecule has 0 radical (unpaired) electrons. The predicted octanol–water partition coefficient (Wildman–Crippen LogP) is 5.67. The minimum atomic E-state index is -0.359. The molecule has 0 aromatic heterocycles. The Labute approximate surface area is 203 Å². The van der Waals surface area contributed by atoms with E-state index in [1.165, 1.54) is 12.8 Å². The zero-order valence-electron chi connectivity index (χ0n) is 18.7. The Morgan fingerprint density at radius 1 is 1.06 bits per heavy atom. The number of thiocarbonyl (C=S) groups is 1. The van der Waals surface area contributed by atoms with E-state index in [1.54, 1.807) is 42.5 Å². The summed E-state index contributed by atoms with van der Waals surface area (Å²) < 4.78 is 6.49. The number of carbonyl (C=O) groups excluding carboxylic acids is 2. The molecule has 0 aliphatic heterocycles. The van der Waals surface area contributed by atoms with E-state index in [0.717, 1.165) is 12.8 Å². The molecule has 172 valence electrons. The third kappa shape index (κ3) is 8.24. The highest BCUT2D eigenvalue weighted by Crippen LogP contribution is 2.26. The average Bonchev–Trinajstić information content (AvgIpc) is 2.74. The van der Waals surface area contributed by atoms with Crippen molar-refractivity contribution >= 4 is 50.8 Å². The molecule has 0 saturated heterocycles. The molecular formula is C24H30BrN3O3S. The van der Waals surface area contributed by atoms with Gasteiger partial charge >= 0.3 is 0 Å². The monoisotopic (exact) mass is 519 g/mol. The Bertz CT molecular complexity index is 950. The molecule has 32 heavy (non-hydrogen) atoms. The second kappa shape index (κ2) is 13.2. The van der Waals surface area contributed by atoms with Crippen molar-refractivity contribution in [3.63, 3.8) is 0 Å². The summed E-state index contributed by atoms with van der Waals surface area (Å²) in [6.07, 6.45) is 4.52. The first-order valence-electron chi connectivity index (χ1n) is 10.8. The summed E-state index contributed by atoms with van der Waals surface area (Å²) in [5.74, 6) is 0.122. The summed E-state index contributed by atoms with van der Waals surface area (Å²) in [5.41, 5.74) is 1.40. The summed E-state index contributed by atoms with van der Waals surface area (Å²) in [6, 6.07) is 12.1. The highest BCUT2D eigenvalue weighted by molar-refractivity contribution is 9.10. The summed E-state index contributed by atoms with van der Waals surface area (Å²) in [7, 11) is 0. The molecule has 0 atom stereocenters. The molecule has 2 rings (SSSR count). The second-order valence-corrected chi connectivity index (χ2v) is 8.90. The Hall–Kier alpha value is -2.45. The first kappa shape index (κ1) is 25.8. The molecule has 0 unspecified atom stereocenters. The maximum absolute atomic E-state index is 12.6. The van der Waals surface area contributed by atoms with E-state index >= 15 is 0 Å². The lowest BCUT2D eigenvalue weighted by Crippen LogP contribution is -2.35. The van der Waals surface area contributed by atoms with Crippen LogP contribution in [0.2, 0.25) is 0 Å². The number of carbonyl (C=O) groups is 2. The van der Waals surface area contributed by atoms with E-state index in [4.69, 9.17) is 17.0 Å². The van der Waals surface area contributed by atoms with Gasteiger partial charge in [0.15, 0.2) is 5.11 Å². The minimum Gasteiger partial charge on any atom is -0.492 e. The van der Waals surface area contributed by atoms with Crippen LogP contribution in [-0.2, 0) is 0 Å². The fraction of sp³-hybridized carbons (Fsp3) is 0.375. The smallest absolute Gasteiger partial charge is 0.257 e. The Balaban J connectivity index is 1.96. The molecule has 0 aliphatic carbocycles. The van der Waals surface area contributed by atoms with E-state index < -0.39 is 0 Å². The maximum Gasteiger partial charge on any atom is 0.257 e. The molecule has 0 bridgehead atoms. The SMILES string of the molecule is CCCCCCOc1ccc(C(=O)NC(=S)Nc2ccccc2C(=O)NC(C)C)cc1Br. The van der Waals surface area contributed by atoms with Crippen LogP contribution in [0.25, 0.3) is 0 Å². The van der Waals surface area contributed by atoms with Crippen LogP contribution in [0, 0.1) is 0 Å². The zero-order valence-corrected chi connectivity index (χ0v) is 21.1. The van der Waals surface area contributed by atoms with Gasteiger partial charge in [0, 0.05) is 11.6 Å². The van der Waals surface area contributed by atoms with Crippen molar-refractivity contribution in [2.45, 2.75) is 52.5 Å². The predicted molar refractivity (Wildman–Crippen MR) is 137 cm³/mol. The number of unbranched alkanes of at least 4 members (excludes halogenated alkanes) is 3. The highest BCUT2D eigenvalue weighted by Gasteiger charge is 2.15. The quantitative estimate of drug-likeness (QED) is 0.278. The number of para-hydroxylation sites is 1. The van der Waals surface area contributed by atoms with Crippen LogP contribution in [0.4, 0.5) is 5.69 Å². The van der Waals surface area contributed by atoms with Crippen LogP contribution in [0.3, 0.4) is 0 Å². The Morgan fingerprint density at radius 3 is 2.50 bits per heavy atom. The number of hydrogen-bond donors (Lipinski definition) is 3. The lowest BCUT2D eigenvalue weighted by Gasteiger charge is -2.15. The van der Waals surface area contributed by atoms with Gasteiger partial charge in [-0.2, -0.15) is 0 Å². The van der Waals surface area contributed by atoms with Crippen molar-refractivity contribution in [2.75, 3.05) is 11.9 Å². The molecule has 2 aromatic rings. The summed E-state index contributed by atoms with van der Waals surface area (Å²) in [4.78, 5) is 25.0. The fourth-order valence-electron chi connectivity index (χ4n) is 2.93. The molecule has 2 aromatic carbocycles. The van der Waals surface area contributed by atoms with Gasteiger partial charge in [-0.1, -0.05) is 38.3 Å². The first-order valence-corrected chi connectivity index (χ1v) is 12.0. The van der Waals surface area contributed by atoms with Crippen LogP contribution in [0.5, 0.6) is 5.75 Å². The zero-order chi connectivity index (χ0) is 23.5. The Morgan fingerprint density at radius 2 is 1.81 bits per heavy atom. The molecule has 8 heteroatoms. The molecule has 6 nitrogen and oxygen atoms in total. The summed E-state index contributed by atoms with van der Waals surface area (Å²) in [6.45, 7) is 6.59. The number of anilines is 1. The normalized spacial score (nSPS) is 10.5. The lowest BCUT2D eigenvalue weighted by atomic mass is 10.1. The highest BCUT2D eigenvalue weighted by atomic mass is 79.9. The van der Waals surface area contributed by atoms with E-state index in [-0.39, 0.29) is 23.0 Å². The molecule has 0 saturated carbocycles. The average molecular weight is 520 g/mol. The van der Waals surface area contributed by atoms with Crippen molar-refractivity contribution in [1.82, 2.24) is 10.6 Å². The van der Waals surface area contributed by atoms with Gasteiger partial charge < -0.3 is 15.4 Å². The molecule has 2 amide bonds. The standard InChI is InChI=1S/C24H30BrN3O3S/c1-4-5-6-9-14-31-21-13-12-17(15-19(21)25)22(29)28-24(32)27-20-11-8-7-10-18(20)23(30)26-16(2)3/h7-8,10-13,15-16H,4-6,9,14H2,1-3H3,(H,26,30)(H2,27,28,29,32). The van der Waals surface area contributed by atoms with E-state index in [1.807, 2.05) is 13.8 Å². The number of ether oxygens (including phenoxy) is 1. The van der Waals surface area contributed by atoms with Gasteiger partial charge in [0.05, 0.1) is 22.3 Å². The van der Waals surface area contributed by atoms with Crippen molar-refractivity contribution in [2.24, 2.45) is 0 Å². The topological polar surface area (TPSA) is 79.5 Å². The summed E-state index contributed by atoms with van der Waals surface area (Å²) >= 11 is 8.75. The summed E-state index contributed by atoms with van der Waals surface area (Å²) in [5, 5.41) is 8.54. The molecule has 0 heterocycles. The van der Waals surface area contributed by atoms with Crippen LogP contribution in [0.15, 0.2) is 46.9 Å². The fourth-order valence-corrected chi connectivity index (χ4v) is 3.62. The van der Waals surface area contributed by atoms with Crippen LogP contribution < -0.4 is 20.7 Å². The number of hydrogen-bond acceptors (Lipinski definition) is 4. The van der Waals surface area contributed by atoms with Crippen molar-refractivity contribution in [1.29, 1.82) is 0 Å². The third-order valence-corrected chi connectivity index (χ3v) is 5.34. The van der Waals surface area contributed by atoms with Gasteiger partial charge in [-0.25, -0.2) is 0 Å². The first-order chi connectivity index (χ1) is 15.3. The van der Waals surface area contributed by atoms with Gasteiger partial charge in [0.1, 0.15) is 5.75 Å². The third-order valence-electron chi connectivity index (χ3n) is 4.52. The number of amides is 2. The maximum atomic E-state index is 12.6. The second-order valence-electron chi connectivity index (χ2n) is 7.64. The van der Waals surface area contributed by atoms with Gasteiger partial charge in [-0.3, -0.25) is 14.9 Å². The lowest BCUT2D eigenvalue weighted by molar-refractivity contribution is 0.0942. The molecule has 0 spiro atoms. The van der Waals surface area contributed by atoms with E-state index in [9.17, 15) is 9.59 Å². The van der Waals surface area contributed by atoms with Crippen molar-refractivity contribution in [3.8, 4) is 5.75 Å². The minimum absolute atomic E-state index is 0.00366. The number of halogens is 1. The van der Waals surface area contributed by atoms with Gasteiger partial charge in [0.2, 0.25) is 0 Å². The Kier molecular flexibility index (Phi) is 10.6. The molecular weight excluding hydrogens is 490 g/mol. The largest absolute Gasteiger partial charge is 0.492 e. The van der Waals surface area contributed by atoms with Crippen LogP contribution >= 0.6 is 28.1 Å². The number of benzene rings is 2. The van der Waals surface area contributed by atoms with Gasteiger partial charge in [-0.15, -0.1) is 0 Å². The van der Waals surface area contributed by atoms with Crippen LogP contribution in [-0.4, -0.2) is 29.6 Å². The van der Waals surface area contributed by atoms with E-state index in [2.05, 4.69) is 38.8 Å². The molecule has 0 aliphatic rings. The van der Waals surface area contributed by atoms with Crippen molar-refractivity contribution < 1.29 is 14.3 Å². The van der Waals surface area contributed by atoms with Gasteiger partial charge in [-0.05, 0) is 78.7 Å². The molecule has 3 N–H and O–H groups in total. The number of rotatable bonds is 10. The van der Waals surface area contributed by atoms with Gasteiger partial charge in [0.25, 0.3) is 11.8 Å². The van der Waals surface area contributed by atoms with E-state index in [0.29, 0.717) is 33.6 Å². The molecule has 0 fully saturated rings.